The minimum atomic E-state index is 1.01. The molecule has 0 aliphatic carbocycles. The van der Waals surface area contributed by atoms with Gasteiger partial charge in [0.25, 0.3) is 0 Å². The summed E-state index contributed by atoms with van der Waals surface area (Å²) in [6.45, 7) is 2.20. The highest BCUT2D eigenvalue weighted by atomic mass is 15.3. The number of nitrogens with zero attached hydrogens (tertiary/aromatic N) is 2. The van der Waals surface area contributed by atoms with Gasteiger partial charge < -0.3 is 5.84 Å². The predicted octanol–water partition coefficient (Wildman–Crippen LogP) is 2.09. The Kier molecular flexibility index (Phi) is 2.39. The molecule has 0 unspecified atom stereocenters. The lowest BCUT2D eigenvalue weighted by Crippen LogP contribution is -2.05. The predicted molar refractivity (Wildman–Crippen MR) is 58.5 cm³/mol. The fourth-order valence-electron chi connectivity index (χ4n) is 1.69. The Bertz CT molecular complexity index is 431. The normalized spacial score (nSPS) is 10.9. The average Bonchev–Trinajstić information content (AvgIpc) is 2.58. The fraction of sp³-hybridized carbons (Fsp3) is 0.364. The van der Waals surface area contributed by atoms with Crippen molar-refractivity contribution in [1.29, 1.82) is 0 Å². The van der Waals surface area contributed by atoms with E-state index in [1.54, 1.807) is 11.0 Å². The van der Waals surface area contributed by atoms with Crippen molar-refractivity contribution in [1.82, 2.24) is 9.66 Å². The van der Waals surface area contributed by atoms with Crippen LogP contribution in [-0.4, -0.2) is 9.66 Å². The maximum absolute atomic E-state index is 5.73. The van der Waals surface area contributed by atoms with Crippen LogP contribution in [0.2, 0.25) is 0 Å². The Hall–Kier alpha value is -1.51. The number of fused-ring (bicyclic) bond motifs is 1. The van der Waals surface area contributed by atoms with Gasteiger partial charge in [0.1, 0.15) is 6.33 Å². The summed E-state index contributed by atoms with van der Waals surface area (Å²) >= 11 is 0. The number of nitrogens with two attached hydrogens (primary N) is 1. The number of unbranched alkanes of at least 4 members (excludes halogenated alkanes) is 1. The number of hydrogen-bond donors (Lipinski definition) is 1. The monoisotopic (exact) mass is 189 g/mol. The Morgan fingerprint density at radius 1 is 1.43 bits per heavy atom. The second-order valence-electron chi connectivity index (χ2n) is 3.54. The van der Waals surface area contributed by atoms with Crippen molar-refractivity contribution in [3.63, 3.8) is 0 Å². The molecule has 0 bridgehead atoms. The van der Waals surface area contributed by atoms with Gasteiger partial charge in [-0.3, -0.25) is 0 Å². The van der Waals surface area contributed by atoms with E-state index in [-0.39, 0.29) is 0 Å². The number of aromatic nitrogens is 2. The Morgan fingerprint density at radius 3 is 3.07 bits per heavy atom. The van der Waals surface area contributed by atoms with Gasteiger partial charge in [-0.1, -0.05) is 25.5 Å². The Labute approximate surface area is 83.5 Å². The van der Waals surface area contributed by atoms with E-state index in [2.05, 4.69) is 18.0 Å². The number of para-hydroxylation sites is 1. The van der Waals surface area contributed by atoms with Gasteiger partial charge >= 0.3 is 0 Å². The molecule has 74 valence electrons. The molecular formula is C11H15N3. The molecule has 1 aromatic carbocycles. The second kappa shape index (κ2) is 3.70. The summed E-state index contributed by atoms with van der Waals surface area (Å²) in [7, 11) is 0. The van der Waals surface area contributed by atoms with Crippen molar-refractivity contribution in [3.05, 3.63) is 30.1 Å². The van der Waals surface area contributed by atoms with E-state index >= 15 is 0 Å². The van der Waals surface area contributed by atoms with Crippen molar-refractivity contribution in [2.75, 3.05) is 5.84 Å². The fourth-order valence-corrected chi connectivity index (χ4v) is 1.69. The van der Waals surface area contributed by atoms with Crippen molar-refractivity contribution < 1.29 is 0 Å². The van der Waals surface area contributed by atoms with E-state index in [9.17, 15) is 0 Å². The van der Waals surface area contributed by atoms with Crippen LogP contribution >= 0.6 is 0 Å². The van der Waals surface area contributed by atoms with Gasteiger partial charge in [0.2, 0.25) is 0 Å². The molecule has 0 aliphatic rings. The van der Waals surface area contributed by atoms with Crippen LogP contribution in [0.5, 0.6) is 0 Å². The maximum atomic E-state index is 5.73. The SMILES string of the molecule is CCCCc1cccc2c1ncn2N. The summed E-state index contributed by atoms with van der Waals surface area (Å²) in [5, 5.41) is 0. The van der Waals surface area contributed by atoms with Gasteiger partial charge in [-0.15, -0.1) is 0 Å². The largest absolute Gasteiger partial charge is 0.338 e. The lowest BCUT2D eigenvalue weighted by molar-refractivity contribution is 0.798. The molecule has 0 radical (unpaired) electrons. The molecule has 0 atom stereocenters. The highest BCUT2D eigenvalue weighted by Gasteiger charge is 2.04. The Morgan fingerprint density at radius 2 is 2.29 bits per heavy atom. The summed E-state index contributed by atoms with van der Waals surface area (Å²) in [5.74, 6) is 5.73. The summed E-state index contributed by atoms with van der Waals surface area (Å²) in [6.07, 6.45) is 5.17. The molecule has 0 aliphatic heterocycles. The van der Waals surface area contributed by atoms with Gasteiger partial charge in [-0.25, -0.2) is 9.66 Å². The number of rotatable bonds is 3. The van der Waals surface area contributed by atoms with Crippen LogP contribution in [0.1, 0.15) is 25.3 Å². The van der Waals surface area contributed by atoms with Crippen molar-refractivity contribution in [2.45, 2.75) is 26.2 Å². The molecule has 1 heterocycles. The zero-order valence-corrected chi connectivity index (χ0v) is 8.40. The van der Waals surface area contributed by atoms with E-state index in [1.807, 2.05) is 12.1 Å². The van der Waals surface area contributed by atoms with Crippen LogP contribution in [-0.2, 0) is 6.42 Å². The number of nitrogen functional groups attached to an aromatic ring is 1. The molecule has 2 aromatic rings. The lowest BCUT2D eigenvalue weighted by Gasteiger charge is -2.01. The van der Waals surface area contributed by atoms with Gasteiger partial charge in [0.05, 0.1) is 11.0 Å². The van der Waals surface area contributed by atoms with E-state index in [0.29, 0.717) is 0 Å². The smallest absolute Gasteiger partial charge is 0.115 e. The molecule has 1 aromatic heterocycles. The van der Waals surface area contributed by atoms with Gasteiger partial charge in [-0.05, 0) is 24.5 Å². The molecule has 0 fully saturated rings. The van der Waals surface area contributed by atoms with Crippen LogP contribution in [0.25, 0.3) is 11.0 Å². The van der Waals surface area contributed by atoms with E-state index in [0.717, 1.165) is 17.5 Å². The maximum Gasteiger partial charge on any atom is 0.115 e. The minimum absolute atomic E-state index is 1.01. The second-order valence-corrected chi connectivity index (χ2v) is 3.54. The van der Waals surface area contributed by atoms with Gasteiger partial charge in [0, 0.05) is 0 Å². The van der Waals surface area contributed by atoms with Crippen LogP contribution in [0.15, 0.2) is 24.5 Å². The number of imidazole rings is 1. The molecule has 0 amide bonds. The third-order valence-electron chi connectivity index (χ3n) is 2.49. The average molecular weight is 189 g/mol. The summed E-state index contributed by atoms with van der Waals surface area (Å²) < 4.78 is 1.57. The minimum Gasteiger partial charge on any atom is -0.338 e. The third-order valence-corrected chi connectivity index (χ3v) is 2.49. The zero-order chi connectivity index (χ0) is 9.97. The van der Waals surface area contributed by atoms with Crippen LogP contribution in [0, 0.1) is 0 Å². The molecule has 3 heteroatoms. The summed E-state index contributed by atoms with van der Waals surface area (Å²) in [4.78, 5) is 4.31. The van der Waals surface area contributed by atoms with E-state index in [1.165, 1.54) is 18.4 Å². The summed E-state index contributed by atoms with van der Waals surface area (Å²) in [6, 6.07) is 6.17. The highest BCUT2D eigenvalue weighted by molar-refractivity contribution is 5.78. The first-order valence-electron chi connectivity index (χ1n) is 5.03. The number of aryl methyl sites for hydroxylation is 1. The number of benzene rings is 1. The summed E-state index contributed by atoms with van der Waals surface area (Å²) in [5.41, 5.74) is 3.36. The molecule has 2 N–H and O–H groups in total. The zero-order valence-electron chi connectivity index (χ0n) is 8.40. The first-order chi connectivity index (χ1) is 6.83. The lowest BCUT2D eigenvalue weighted by atomic mass is 10.1. The van der Waals surface area contributed by atoms with Crippen molar-refractivity contribution >= 4 is 11.0 Å². The molecule has 14 heavy (non-hydrogen) atoms. The van der Waals surface area contributed by atoms with Crippen LogP contribution < -0.4 is 5.84 Å². The van der Waals surface area contributed by atoms with Gasteiger partial charge in [0.15, 0.2) is 0 Å². The first kappa shape index (κ1) is 9.06. The number of hydrogen-bond acceptors (Lipinski definition) is 2. The van der Waals surface area contributed by atoms with Crippen molar-refractivity contribution in [3.8, 4) is 0 Å². The highest BCUT2D eigenvalue weighted by Crippen LogP contribution is 2.17. The molecule has 0 spiro atoms. The van der Waals surface area contributed by atoms with Gasteiger partial charge in [-0.2, -0.15) is 0 Å². The topological polar surface area (TPSA) is 43.8 Å². The standard InChI is InChI=1S/C11H15N3/c1-2-3-5-9-6-4-7-10-11(9)13-8-14(10)12/h4,6-8H,2-3,5,12H2,1H3. The molecular weight excluding hydrogens is 174 g/mol. The third kappa shape index (κ3) is 1.45. The molecule has 0 saturated carbocycles. The van der Waals surface area contributed by atoms with Crippen molar-refractivity contribution in [2.24, 2.45) is 0 Å². The first-order valence-corrected chi connectivity index (χ1v) is 5.03. The molecule has 0 saturated heterocycles. The van der Waals surface area contributed by atoms with Crippen LogP contribution in [0.4, 0.5) is 0 Å². The van der Waals surface area contributed by atoms with E-state index in [4.69, 9.17) is 5.84 Å². The van der Waals surface area contributed by atoms with E-state index < -0.39 is 0 Å². The molecule has 3 nitrogen and oxygen atoms in total. The van der Waals surface area contributed by atoms with Crippen LogP contribution in [0.3, 0.4) is 0 Å². The quantitative estimate of drug-likeness (QED) is 0.751. The Balaban J connectivity index is 2.44. The molecule has 2 rings (SSSR count).